The molecule has 0 aliphatic rings. The lowest BCUT2D eigenvalue weighted by molar-refractivity contribution is -0.118. The number of amides is 2. The van der Waals surface area contributed by atoms with Crippen molar-refractivity contribution in [3.8, 4) is 0 Å². The third-order valence-electron chi connectivity index (χ3n) is 3.72. The van der Waals surface area contributed by atoms with Gasteiger partial charge in [0.2, 0.25) is 11.8 Å². The number of hydrogen-bond acceptors (Lipinski definition) is 2. The molecule has 0 aliphatic heterocycles. The van der Waals surface area contributed by atoms with Crippen LogP contribution in [-0.2, 0) is 16.0 Å². The maximum atomic E-state index is 13.2. The number of benzene rings is 2. The Morgan fingerprint density at radius 2 is 1.52 bits per heavy atom. The van der Waals surface area contributed by atoms with Gasteiger partial charge in [0.15, 0.2) is 0 Å². The van der Waals surface area contributed by atoms with Crippen molar-refractivity contribution in [2.75, 3.05) is 23.9 Å². The molecule has 2 rings (SSSR count). The van der Waals surface area contributed by atoms with Crippen molar-refractivity contribution >= 4 is 23.2 Å². The zero-order chi connectivity index (χ0) is 17.0. The smallest absolute Gasteiger partial charge is 0.231 e. The third-order valence-corrected chi connectivity index (χ3v) is 3.72. The minimum absolute atomic E-state index is 0.0618. The van der Waals surface area contributed by atoms with E-state index in [4.69, 9.17) is 0 Å². The minimum Gasteiger partial charge on any atom is -0.316 e. The quantitative estimate of drug-likeness (QED) is 0.870. The van der Waals surface area contributed by atoms with Gasteiger partial charge in [-0.2, -0.15) is 0 Å². The van der Waals surface area contributed by atoms with Gasteiger partial charge in [-0.15, -0.1) is 0 Å². The first-order chi connectivity index (χ1) is 10.9. The lowest BCUT2D eigenvalue weighted by atomic mass is 10.1. The molecule has 0 heterocycles. The molecule has 2 aromatic carbocycles. The summed E-state index contributed by atoms with van der Waals surface area (Å²) in [6, 6.07) is 13.1. The predicted molar refractivity (Wildman–Crippen MR) is 89.0 cm³/mol. The third kappa shape index (κ3) is 4.16. The molecule has 0 atom stereocenters. The van der Waals surface area contributed by atoms with E-state index < -0.39 is 0 Å². The van der Waals surface area contributed by atoms with Crippen molar-refractivity contribution in [1.82, 2.24) is 0 Å². The molecule has 0 N–H and O–H groups in total. The molecule has 0 unspecified atom stereocenters. The van der Waals surface area contributed by atoms with Crippen LogP contribution in [0.5, 0.6) is 0 Å². The molecular weight excluding hydrogens is 295 g/mol. The molecular formula is C18H19FN2O2. The first kappa shape index (κ1) is 16.7. The standard InChI is InChI=1S/C18H19FN2O2/c1-13(22)20(2)16-7-9-17(10-8-16)21(3)18(23)12-14-5-4-6-15(19)11-14/h4-11H,12H2,1-3H3. The van der Waals surface area contributed by atoms with E-state index in [1.165, 1.54) is 28.9 Å². The fourth-order valence-corrected chi connectivity index (χ4v) is 2.17. The molecule has 23 heavy (non-hydrogen) atoms. The van der Waals surface area contributed by atoms with Crippen molar-refractivity contribution in [1.29, 1.82) is 0 Å². The van der Waals surface area contributed by atoms with Gasteiger partial charge >= 0.3 is 0 Å². The van der Waals surface area contributed by atoms with Crippen LogP contribution in [0.1, 0.15) is 12.5 Å². The van der Waals surface area contributed by atoms with Crippen LogP contribution in [0.3, 0.4) is 0 Å². The van der Waals surface area contributed by atoms with Crippen LogP contribution in [0.15, 0.2) is 48.5 Å². The maximum Gasteiger partial charge on any atom is 0.231 e. The Hall–Kier alpha value is -2.69. The molecule has 0 saturated carbocycles. The zero-order valence-corrected chi connectivity index (χ0v) is 13.4. The number of rotatable bonds is 4. The van der Waals surface area contributed by atoms with E-state index in [2.05, 4.69) is 0 Å². The summed E-state index contributed by atoms with van der Waals surface area (Å²) in [4.78, 5) is 26.7. The van der Waals surface area contributed by atoms with Gasteiger partial charge in [0.05, 0.1) is 6.42 Å². The molecule has 120 valence electrons. The normalized spacial score (nSPS) is 10.3. The van der Waals surface area contributed by atoms with Gasteiger partial charge in [-0.1, -0.05) is 12.1 Å². The lowest BCUT2D eigenvalue weighted by Crippen LogP contribution is -2.28. The van der Waals surface area contributed by atoms with E-state index in [1.54, 1.807) is 50.5 Å². The minimum atomic E-state index is -0.352. The topological polar surface area (TPSA) is 40.6 Å². The molecule has 0 aromatic heterocycles. The predicted octanol–water partition coefficient (Wildman–Crippen LogP) is 3.01. The van der Waals surface area contributed by atoms with Gasteiger partial charge in [-0.05, 0) is 42.0 Å². The molecule has 0 aliphatic carbocycles. The number of carbonyl (C=O) groups is 2. The van der Waals surface area contributed by atoms with Gasteiger partial charge in [0, 0.05) is 32.4 Å². The van der Waals surface area contributed by atoms with Gasteiger partial charge in [-0.3, -0.25) is 9.59 Å². The number of nitrogens with zero attached hydrogens (tertiary/aromatic N) is 2. The summed E-state index contributed by atoms with van der Waals surface area (Å²) in [7, 11) is 3.36. The summed E-state index contributed by atoms with van der Waals surface area (Å²) in [5.74, 6) is -0.550. The van der Waals surface area contributed by atoms with Crippen LogP contribution < -0.4 is 9.80 Å². The van der Waals surface area contributed by atoms with Gasteiger partial charge in [0.25, 0.3) is 0 Å². The van der Waals surface area contributed by atoms with Crippen molar-refractivity contribution < 1.29 is 14.0 Å². The Labute approximate surface area is 135 Å². The molecule has 0 bridgehead atoms. The molecule has 0 spiro atoms. The Balaban J connectivity index is 2.09. The van der Waals surface area contributed by atoms with Crippen molar-refractivity contribution in [2.45, 2.75) is 13.3 Å². The average Bonchev–Trinajstić information content (AvgIpc) is 2.53. The Morgan fingerprint density at radius 3 is 2.04 bits per heavy atom. The van der Waals surface area contributed by atoms with E-state index in [-0.39, 0.29) is 24.1 Å². The fraction of sp³-hybridized carbons (Fsp3) is 0.222. The number of likely N-dealkylation sites (N-methyl/N-ethyl adjacent to an activating group) is 1. The van der Waals surface area contributed by atoms with E-state index in [1.807, 2.05) is 0 Å². The number of hydrogen-bond donors (Lipinski definition) is 0. The second-order valence-electron chi connectivity index (χ2n) is 5.35. The average molecular weight is 314 g/mol. The second kappa shape index (κ2) is 7.05. The summed E-state index contributed by atoms with van der Waals surface area (Å²) < 4.78 is 13.2. The van der Waals surface area contributed by atoms with Crippen LogP contribution in [0.4, 0.5) is 15.8 Å². The molecule has 5 heteroatoms. The van der Waals surface area contributed by atoms with Crippen LogP contribution in [0.25, 0.3) is 0 Å². The molecule has 0 saturated heterocycles. The highest BCUT2D eigenvalue weighted by molar-refractivity contribution is 5.95. The van der Waals surface area contributed by atoms with Crippen molar-refractivity contribution in [3.63, 3.8) is 0 Å². The molecule has 4 nitrogen and oxygen atoms in total. The fourth-order valence-electron chi connectivity index (χ4n) is 2.17. The van der Waals surface area contributed by atoms with Crippen LogP contribution >= 0.6 is 0 Å². The van der Waals surface area contributed by atoms with E-state index >= 15 is 0 Å². The molecule has 2 aromatic rings. The summed E-state index contributed by atoms with van der Waals surface area (Å²) >= 11 is 0. The first-order valence-electron chi connectivity index (χ1n) is 7.24. The number of halogens is 1. The van der Waals surface area contributed by atoms with Crippen molar-refractivity contribution in [2.24, 2.45) is 0 Å². The van der Waals surface area contributed by atoms with Gasteiger partial charge in [0.1, 0.15) is 5.82 Å². The SMILES string of the molecule is CC(=O)N(C)c1ccc(N(C)C(=O)Cc2cccc(F)c2)cc1. The van der Waals surface area contributed by atoms with E-state index in [0.29, 0.717) is 11.3 Å². The molecule has 0 fully saturated rings. The van der Waals surface area contributed by atoms with E-state index in [0.717, 1.165) is 5.69 Å². The maximum absolute atomic E-state index is 13.2. The summed E-state index contributed by atoms with van der Waals surface area (Å²) in [6.07, 6.45) is 0.128. The van der Waals surface area contributed by atoms with Gasteiger partial charge < -0.3 is 9.80 Å². The molecule has 0 radical (unpaired) electrons. The van der Waals surface area contributed by atoms with Crippen LogP contribution in [0.2, 0.25) is 0 Å². The Kier molecular flexibility index (Phi) is 5.11. The van der Waals surface area contributed by atoms with Crippen molar-refractivity contribution in [3.05, 3.63) is 59.9 Å². The first-order valence-corrected chi connectivity index (χ1v) is 7.24. The monoisotopic (exact) mass is 314 g/mol. The zero-order valence-electron chi connectivity index (χ0n) is 13.4. The summed E-state index contributed by atoms with van der Waals surface area (Å²) in [5, 5.41) is 0. The van der Waals surface area contributed by atoms with Gasteiger partial charge in [-0.25, -0.2) is 4.39 Å². The highest BCUT2D eigenvalue weighted by atomic mass is 19.1. The Morgan fingerprint density at radius 1 is 0.957 bits per heavy atom. The lowest BCUT2D eigenvalue weighted by Gasteiger charge is -2.20. The highest BCUT2D eigenvalue weighted by Crippen LogP contribution is 2.20. The number of carbonyl (C=O) groups excluding carboxylic acids is 2. The van der Waals surface area contributed by atoms with E-state index in [9.17, 15) is 14.0 Å². The summed E-state index contributed by atoms with van der Waals surface area (Å²) in [6.45, 7) is 1.49. The van der Waals surface area contributed by atoms with Crippen LogP contribution in [-0.4, -0.2) is 25.9 Å². The summed E-state index contributed by atoms with van der Waals surface area (Å²) in [5.41, 5.74) is 2.11. The van der Waals surface area contributed by atoms with Crippen LogP contribution in [0, 0.1) is 5.82 Å². The second-order valence-corrected chi connectivity index (χ2v) is 5.35. The largest absolute Gasteiger partial charge is 0.316 e. The highest BCUT2D eigenvalue weighted by Gasteiger charge is 2.13. The number of anilines is 2. The Bertz CT molecular complexity index is 713. The molecule has 2 amide bonds.